The molecule has 0 fully saturated rings. The highest BCUT2D eigenvalue weighted by atomic mass is 16.5. The first-order valence-corrected chi connectivity index (χ1v) is 6.77. The molecule has 0 atom stereocenters. The van der Waals surface area contributed by atoms with Crippen molar-refractivity contribution in [1.29, 1.82) is 0 Å². The molecule has 8 nitrogen and oxygen atoms in total. The van der Waals surface area contributed by atoms with Crippen LogP contribution in [-0.4, -0.2) is 48.4 Å². The molecule has 0 aliphatic carbocycles. The van der Waals surface area contributed by atoms with Crippen molar-refractivity contribution >= 4 is 11.2 Å². The molecule has 0 saturated carbocycles. The minimum Gasteiger partial charge on any atom is -0.496 e. The Balaban J connectivity index is 2.16. The Bertz CT molecular complexity index is 847. The van der Waals surface area contributed by atoms with E-state index in [9.17, 15) is 0 Å². The predicted molar refractivity (Wildman–Crippen MR) is 83.3 cm³/mol. The van der Waals surface area contributed by atoms with Crippen molar-refractivity contribution in [3.63, 3.8) is 0 Å². The fourth-order valence-electron chi connectivity index (χ4n) is 2.23. The van der Waals surface area contributed by atoms with Gasteiger partial charge in [0.1, 0.15) is 17.1 Å². The van der Waals surface area contributed by atoms with Crippen LogP contribution in [0.1, 0.15) is 0 Å². The van der Waals surface area contributed by atoms with Gasteiger partial charge in [-0.1, -0.05) is 0 Å². The lowest BCUT2D eigenvalue weighted by atomic mass is 10.1. The van der Waals surface area contributed by atoms with E-state index in [-0.39, 0.29) is 6.01 Å². The number of aromatic amines is 1. The number of rotatable bonds is 5. The zero-order chi connectivity index (χ0) is 16.4. The molecule has 2 aromatic heterocycles. The summed E-state index contributed by atoms with van der Waals surface area (Å²) in [5.41, 5.74) is 1.92. The molecule has 0 spiro atoms. The van der Waals surface area contributed by atoms with E-state index in [2.05, 4.69) is 19.9 Å². The fourth-order valence-corrected chi connectivity index (χ4v) is 2.23. The van der Waals surface area contributed by atoms with Crippen molar-refractivity contribution in [1.82, 2.24) is 19.9 Å². The third-order valence-corrected chi connectivity index (χ3v) is 3.36. The fraction of sp³-hybridized carbons (Fsp3) is 0.267. The number of nitrogens with one attached hydrogen (secondary N) is 1. The number of aromatic nitrogens is 4. The maximum Gasteiger partial charge on any atom is 0.318 e. The molecule has 0 saturated heterocycles. The van der Waals surface area contributed by atoms with E-state index in [0.29, 0.717) is 34.2 Å². The summed E-state index contributed by atoms with van der Waals surface area (Å²) < 4.78 is 21.1. The topological polar surface area (TPSA) is 91.4 Å². The lowest BCUT2D eigenvalue weighted by Gasteiger charge is -2.12. The number of hydrogen-bond donors (Lipinski definition) is 1. The third kappa shape index (κ3) is 2.59. The number of hydrogen-bond acceptors (Lipinski definition) is 7. The van der Waals surface area contributed by atoms with E-state index in [4.69, 9.17) is 18.9 Å². The molecule has 1 N–H and O–H groups in total. The van der Waals surface area contributed by atoms with E-state index in [1.807, 2.05) is 0 Å². The summed E-state index contributed by atoms with van der Waals surface area (Å²) in [5, 5.41) is 0. The second-order valence-corrected chi connectivity index (χ2v) is 4.58. The van der Waals surface area contributed by atoms with E-state index >= 15 is 0 Å². The van der Waals surface area contributed by atoms with Crippen LogP contribution < -0.4 is 18.9 Å². The number of fused-ring (bicyclic) bond motifs is 1. The van der Waals surface area contributed by atoms with Crippen molar-refractivity contribution in [2.24, 2.45) is 0 Å². The van der Waals surface area contributed by atoms with Gasteiger partial charge in [0.15, 0.2) is 17.1 Å². The highest BCUT2D eigenvalue weighted by Crippen LogP contribution is 2.39. The average molecular weight is 316 g/mol. The van der Waals surface area contributed by atoms with Gasteiger partial charge in [-0.3, -0.25) is 0 Å². The van der Waals surface area contributed by atoms with Crippen LogP contribution in [0.5, 0.6) is 23.3 Å². The first-order chi connectivity index (χ1) is 11.2. The van der Waals surface area contributed by atoms with Crippen molar-refractivity contribution in [3.05, 3.63) is 18.3 Å². The second-order valence-electron chi connectivity index (χ2n) is 4.58. The molecule has 23 heavy (non-hydrogen) atoms. The molecule has 2 heterocycles. The minimum atomic E-state index is 0.270. The predicted octanol–water partition coefficient (Wildman–Crippen LogP) is 2.05. The summed E-state index contributed by atoms with van der Waals surface area (Å²) >= 11 is 0. The normalized spacial score (nSPS) is 10.6. The lowest BCUT2D eigenvalue weighted by Crippen LogP contribution is -1.95. The number of H-pyrrole nitrogens is 1. The van der Waals surface area contributed by atoms with Gasteiger partial charge in [0.05, 0.1) is 40.2 Å². The Morgan fingerprint density at radius 3 is 2.17 bits per heavy atom. The highest BCUT2D eigenvalue weighted by Gasteiger charge is 2.17. The van der Waals surface area contributed by atoms with Crippen LogP contribution in [0.4, 0.5) is 0 Å². The van der Waals surface area contributed by atoms with Gasteiger partial charge in [-0.2, -0.15) is 4.98 Å². The summed E-state index contributed by atoms with van der Waals surface area (Å²) in [6.45, 7) is 0. The summed E-state index contributed by atoms with van der Waals surface area (Å²) in [6, 6.07) is 3.81. The van der Waals surface area contributed by atoms with Crippen molar-refractivity contribution < 1.29 is 18.9 Å². The third-order valence-electron chi connectivity index (χ3n) is 3.36. The van der Waals surface area contributed by atoms with E-state index in [1.54, 1.807) is 39.7 Å². The molecule has 0 amide bonds. The molecule has 3 rings (SSSR count). The molecule has 0 radical (unpaired) electrons. The van der Waals surface area contributed by atoms with Gasteiger partial charge >= 0.3 is 6.01 Å². The number of ether oxygens (including phenoxy) is 4. The Kier molecular flexibility index (Phi) is 3.88. The standard InChI is InChI=1S/C15H16N4O4/c1-20-10-6-12(22-3)11(21-2)5-8(10)13-17-9-7-16-15(23-4)19-14(9)18-13/h5-7H,1-4H3,(H,16,17,18,19). The number of methoxy groups -OCH3 is 4. The van der Waals surface area contributed by atoms with Crippen molar-refractivity contribution in [2.45, 2.75) is 0 Å². The first kappa shape index (κ1) is 14.9. The molecule has 0 bridgehead atoms. The van der Waals surface area contributed by atoms with Crippen LogP contribution in [0, 0.1) is 0 Å². The zero-order valence-corrected chi connectivity index (χ0v) is 13.2. The molecule has 0 aliphatic rings. The summed E-state index contributed by atoms with van der Waals surface area (Å²) in [6.07, 6.45) is 1.59. The van der Waals surface area contributed by atoms with Crippen LogP contribution in [0.3, 0.4) is 0 Å². The maximum atomic E-state index is 5.43. The van der Waals surface area contributed by atoms with Gasteiger partial charge < -0.3 is 23.9 Å². The Labute approximate surface area is 132 Å². The maximum absolute atomic E-state index is 5.43. The van der Waals surface area contributed by atoms with Gasteiger partial charge in [-0.15, -0.1) is 0 Å². The van der Waals surface area contributed by atoms with Crippen LogP contribution >= 0.6 is 0 Å². The number of benzene rings is 1. The molecule has 0 unspecified atom stereocenters. The van der Waals surface area contributed by atoms with Crippen LogP contribution in [-0.2, 0) is 0 Å². The Morgan fingerprint density at radius 1 is 0.826 bits per heavy atom. The average Bonchev–Trinajstić information content (AvgIpc) is 3.03. The van der Waals surface area contributed by atoms with Crippen molar-refractivity contribution in [2.75, 3.05) is 28.4 Å². The second kappa shape index (κ2) is 5.99. The summed E-state index contributed by atoms with van der Waals surface area (Å²) in [4.78, 5) is 15.9. The summed E-state index contributed by atoms with van der Waals surface area (Å²) in [7, 11) is 6.23. The lowest BCUT2D eigenvalue weighted by molar-refractivity contribution is 0.349. The molecule has 1 aromatic carbocycles. The SMILES string of the molecule is COc1ncc2nc(-c3cc(OC)c(OC)cc3OC)[nH]c2n1. The van der Waals surface area contributed by atoms with Gasteiger partial charge in [0.2, 0.25) is 0 Å². The largest absolute Gasteiger partial charge is 0.496 e. The monoisotopic (exact) mass is 316 g/mol. The van der Waals surface area contributed by atoms with Crippen LogP contribution in [0.25, 0.3) is 22.6 Å². The van der Waals surface area contributed by atoms with Crippen LogP contribution in [0.2, 0.25) is 0 Å². The molecule has 3 aromatic rings. The zero-order valence-electron chi connectivity index (χ0n) is 13.2. The molecule has 0 aliphatic heterocycles. The van der Waals surface area contributed by atoms with E-state index in [0.717, 1.165) is 5.56 Å². The van der Waals surface area contributed by atoms with E-state index in [1.165, 1.54) is 7.11 Å². The van der Waals surface area contributed by atoms with Crippen molar-refractivity contribution in [3.8, 4) is 34.6 Å². The molecule has 8 heteroatoms. The van der Waals surface area contributed by atoms with Gasteiger partial charge in [0, 0.05) is 6.07 Å². The first-order valence-electron chi connectivity index (χ1n) is 6.77. The Hall–Kier alpha value is -3.03. The number of nitrogens with zero attached hydrogens (tertiary/aromatic N) is 3. The van der Waals surface area contributed by atoms with Gasteiger partial charge in [-0.05, 0) is 6.07 Å². The smallest absolute Gasteiger partial charge is 0.318 e. The number of imidazole rings is 1. The molecular weight excluding hydrogens is 300 g/mol. The highest BCUT2D eigenvalue weighted by molar-refractivity contribution is 5.78. The Morgan fingerprint density at radius 2 is 1.52 bits per heavy atom. The summed E-state index contributed by atoms with van der Waals surface area (Å²) in [5.74, 6) is 2.33. The minimum absolute atomic E-state index is 0.270. The molecular formula is C15H16N4O4. The van der Waals surface area contributed by atoms with Crippen LogP contribution in [0.15, 0.2) is 18.3 Å². The van der Waals surface area contributed by atoms with E-state index < -0.39 is 0 Å². The molecule has 120 valence electrons. The van der Waals surface area contributed by atoms with Gasteiger partial charge in [-0.25, -0.2) is 9.97 Å². The quantitative estimate of drug-likeness (QED) is 0.770. The van der Waals surface area contributed by atoms with Gasteiger partial charge in [0.25, 0.3) is 0 Å².